The van der Waals surface area contributed by atoms with Crippen molar-refractivity contribution in [2.75, 3.05) is 11.9 Å². The number of nitro groups is 1. The second-order valence-corrected chi connectivity index (χ2v) is 5.02. The molecule has 0 amide bonds. The lowest BCUT2D eigenvalue weighted by atomic mass is 9.97. The number of benzene rings is 1. The van der Waals surface area contributed by atoms with Crippen LogP contribution in [0.15, 0.2) is 18.2 Å². The molecule has 90 valence electrons. The van der Waals surface area contributed by atoms with Crippen molar-refractivity contribution >= 4 is 11.4 Å². The van der Waals surface area contributed by atoms with Crippen LogP contribution in [0.4, 0.5) is 11.4 Å². The van der Waals surface area contributed by atoms with Gasteiger partial charge in [-0.05, 0) is 17.5 Å². The molecule has 0 aliphatic heterocycles. The monoisotopic (exact) mass is 233 g/mol. The van der Waals surface area contributed by atoms with Gasteiger partial charge in [0.05, 0.1) is 4.92 Å². The van der Waals surface area contributed by atoms with Crippen molar-refractivity contribution < 1.29 is 4.92 Å². The first kappa shape index (κ1) is 13.0. The Kier molecular flexibility index (Phi) is 3.69. The molecule has 5 nitrogen and oxygen atoms in total. The third kappa shape index (κ3) is 3.76. The standard InChI is InChI=1S/C12H15N3O2/c1-12(2,3)8-14-10-5-4-9(7-13)11(6-10)15(16)17/h4-6,14H,8H2,1-3H3. The molecule has 0 aliphatic rings. The molecule has 5 heteroatoms. The molecule has 0 bridgehead atoms. The number of rotatable bonds is 3. The largest absolute Gasteiger partial charge is 0.384 e. The summed E-state index contributed by atoms with van der Waals surface area (Å²) in [4.78, 5) is 10.2. The van der Waals surface area contributed by atoms with Crippen LogP contribution in [0.5, 0.6) is 0 Å². The van der Waals surface area contributed by atoms with Crippen LogP contribution < -0.4 is 5.32 Å². The Bertz CT molecular complexity index is 470. The van der Waals surface area contributed by atoms with E-state index >= 15 is 0 Å². The van der Waals surface area contributed by atoms with Crippen molar-refractivity contribution in [3.8, 4) is 6.07 Å². The van der Waals surface area contributed by atoms with Gasteiger partial charge in [-0.15, -0.1) is 0 Å². The number of hydrogen-bond donors (Lipinski definition) is 1. The molecule has 0 aromatic heterocycles. The van der Waals surface area contributed by atoms with E-state index in [1.54, 1.807) is 6.07 Å². The van der Waals surface area contributed by atoms with Crippen LogP contribution in [0.25, 0.3) is 0 Å². The zero-order valence-electron chi connectivity index (χ0n) is 10.2. The molecule has 1 aromatic rings. The molecule has 0 heterocycles. The lowest BCUT2D eigenvalue weighted by Gasteiger charge is -2.19. The molecule has 1 rings (SSSR count). The maximum absolute atomic E-state index is 10.8. The van der Waals surface area contributed by atoms with Gasteiger partial charge in [0.25, 0.3) is 5.69 Å². The van der Waals surface area contributed by atoms with Crippen LogP contribution in [-0.2, 0) is 0 Å². The Balaban J connectivity index is 2.94. The van der Waals surface area contributed by atoms with Gasteiger partial charge in [-0.2, -0.15) is 5.26 Å². The van der Waals surface area contributed by atoms with Crippen LogP contribution in [0, 0.1) is 26.9 Å². The first-order valence-electron chi connectivity index (χ1n) is 5.26. The number of hydrogen-bond acceptors (Lipinski definition) is 4. The first-order valence-corrected chi connectivity index (χ1v) is 5.26. The van der Waals surface area contributed by atoms with Gasteiger partial charge in [-0.1, -0.05) is 20.8 Å². The zero-order valence-corrected chi connectivity index (χ0v) is 10.2. The van der Waals surface area contributed by atoms with E-state index in [2.05, 4.69) is 26.1 Å². The van der Waals surface area contributed by atoms with Gasteiger partial charge in [-0.3, -0.25) is 10.1 Å². The molecule has 0 fully saturated rings. The van der Waals surface area contributed by atoms with E-state index in [9.17, 15) is 10.1 Å². The fourth-order valence-corrected chi connectivity index (χ4v) is 1.25. The van der Waals surface area contributed by atoms with Crippen LogP contribution >= 0.6 is 0 Å². The minimum Gasteiger partial charge on any atom is -0.384 e. The molecule has 17 heavy (non-hydrogen) atoms. The van der Waals surface area contributed by atoms with Gasteiger partial charge in [-0.25, -0.2) is 0 Å². The van der Waals surface area contributed by atoms with Crippen molar-refractivity contribution in [1.29, 1.82) is 5.26 Å². The average molecular weight is 233 g/mol. The summed E-state index contributed by atoms with van der Waals surface area (Å²) in [6.45, 7) is 6.91. The van der Waals surface area contributed by atoms with Crippen LogP contribution in [0.3, 0.4) is 0 Å². The summed E-state index contributed by atoms with van der Waals surface area (Å²) in [5.41, 5.74) is 0.663. The number of nitrogens with one attached hydrogen (secondary N) is 1. The number of nitrogens with zero attached hydrogens (tertiary/aromatic N) is 2. The van der Waals surface area contributed by atoms with Gasteiger partial charge >= 0.3 is 0 Å². The van der Waals surface area contributed by atoms with Gasteiger partial charge in [0.15, 0.2) is 0 Å². The molecule has 0 spiro atoms. The fraction of sp³-hybridized carbons (Fsp3) is 0.417. The van der Waals surface area contributed by atoms with Crippen LogP contribution in [0.1, 0.15) is 26.3 Å². The quantitative estimate of drug-likeness (QED) is 0.643. The van der Waals surface area contributed by atoms with E-state index in [-0.39, 0.29) is 16.7 Å². The third-order valence-electron chi connectivity index (χ3n) is 2.14. The van der Waals surface area contributed by atoms with Gasteiger partial charge < -0.3 is 5.32 Å². The molecule has 0 unspecified atom stereocenters. The summed E-state index contributed by atoms with van der Waals surface area (Å²) >= 11 is 0. The van der Waals surface area contributed by atoms with Crippen molar-refractivity contribution in [1.82, 2.24) is 0 Å². The molecule has 1 aromatic carbocycles. The summed E-state index contributed by atoms with van der Waals surface area (Å²) in [7, 11) is 0. The number of anilines is 1. The lowest BCUT2D eigenvalue weighted by molar-refractivity contribution is -0.385. The predicted octanol–water partition coefficient (Wildman–Crippen LogP) is 2.92. The molecule has 0 atom stereocenters. The highest BCUT2D eigenvalue weighted by Crippen LogP contribution is 2.23. The van der Waals surface area contributed by atoms with Crippen molar-refractivity contribution in [2.24, 2.45) is 5.41 Å². The van der Waals surface area contributed by atoms with Gasteiger partial charge in [0.1, 0.15) is 11.6 Å². The number of nitriles is 1. The van der Waals surface area contributed by atoms with E-state index in [1.165, 1.54) is 12.1 Å². The second-order valence-electron chi connectivity index (χ2n) is 5.02. The molecule has 0 saturated carbocycles. The third-order valence-corrected chi connectivity index (χ3v) is 2.14. The summed E-state index contributed by atoms with van der Waals surface area (Å²) < 4.78 is 0. The Morgan fingerprint density at radius 1 is 1.47 bits per heavy atom. The van der Waals surface area contributed by atoms with Gasteiger partial charge in [0.2, 0.25) is 0 Å². The van der Waals surface area contributed by atoms with E-state index in [4.69, 9.17) is 5.26 Å². The highest BCUT2D eigenvalue weighted by atomic mass is 16.6. The fourth-order valence-electron chi connectivity index (χ4n) is 1.25. The first-order chi connectivity index (χ1) is 7.83. The highest BCUT2D eigenvalue weighted by Gasteiger charge is 2.15. The topological polar surface area (TPSA) is 79.0 Å². The molecule has 0 aliphatic carbocycles. The van der Waals surface area contributed by atoms with Crippen molar-refractivity contribution in [3.63, 3.8) is 0 Å². The van der Waals surface area contributed by atoms with Crippen molar-refractivity contribution in [2.45, 2.75) is 20.8 Å². The smallest absolute Gasteiger partial charge is 0.289 e. The predicted molar refractivity (Wildman–Crippen MR) is 65.8 cm³/mol. The summed E-state index contributed by atoms with van der Waals surface area (Å²) in [5, 5.41) is 22.6. The maximum atomic E-state index is 10.8. The maximum Gasteiger partial charge on any atom is 0.289 e. The normalized spacial score (nSPS) is 10.7. The Hall–Kier alpha value is -2.09. The van der Waals surface area contributed by atoms with E-state index in [1.807, 2.05) is 6.07 Å². The Morgan fingerprint density at radius 2 is 2.12 bits per heavy atom. The van der Waals surface area contributed by atoms with E-state index < -0.39 is 4.92 Å². The molecule has 0 radical (unpaired) electrons. The minimum absolute atomic E-state index is 0.0799. The number of nitro benzene ring substituents is 1. The SMILES string of the molecule is CC(C)(C)CNc1ccc(C#N)c([N+](=O)[O-])c1. The molecular formula is C12H15N3O2. The lowest BCUT2D eigenvalue weighted by Crippen LogP contribution is -2.19. The molecule has 1 N–H and O–H groups in total. The van der Waals surface area contributed by atoms with E-state index in [0.29, 0.717) is 12.2 Å². The second kappa shape index (κ2) is 4.83. The molecule has 0 saturated heterocycles. The van der Waals surface area contributed by atoms with Gasteiger partial charge in [0, 0.05) is 18.3 Å². The Morgan fingerprint density at radius 3 is 2.59 bits per heavy atom. The summed E-state index contributed by atoms with van der Waals surface area (Å²) in [6, 6.07) is 6.34. The highest BCUT2D eigenvalue weighted by molar-refractivity contribution is 5.59. The average Bonchev–Trinajstić information content (AvgIpc) is 2.25. The van der Waals surface area contributed by atoms with E-state index in [0.717, 1.165) is 0 Å². The van der Waals surface area contributed by atoms with Crippen LogP contribution in [0.2, 0.25) is 0 Å². The zero-order chi connectivity index (χ0) is 13.1. The van der Waals surface area contributed by atoms with Crippen LogP contribution in [-0.4, -0.2) is 11.5 Å². The minimum atomic E-state index is -0.541. The summed E-state index contributed by atoms with van der Waals surface area (Å²) in [6.07, 6.45) is 0. The van der Waals surface area contributed by atoms with Crippen molar-refractivity contribution in [3.05, 3.63) is 33.9 Å². The Labute approximate surface area is 100 Å². The molecular weight excluding hydrogens is 218 g/mol. The summed E-state index contributed by atoms with van der Waals surface area (Å²) in [5.74, 6) is 0.